The van der Waals surface area contributed by atoms with E-state index in [1.165, 1.54) is 25.4 Å². The number of hydrogen-bond donors (Lipinski definition) is 0. The third-order valence-electron chi connectivity index (χ3n) is 3.24. The Bertz CT molecular complexity index is 788. The summed E-state index contributed by atoms with van der Waals surface area (Å²) in [5.74, 6) is 1.27. The van der Waals surface area contributed by atoms with E-state index >= 15 is 0 Å². The number of hydrogen-bond acceptors (Lipinski definition) is 6. The van der Waals surface area contributed by atoms with Crippen LogP contribution in [0.5, 0.6) is 17.4 Å². The van der Waals surface area contributed by atoms with Crippen molar-refractivity contribution < 1.29 is 22.6 Å². The van der Waals surface area contributed by atoms with Crippen LogP contribution in [0.4, 0.5) is 0 Å². The van der Waals surface area contributed by atoms with Crippen molar-refractivity contribution in [2.24, 2.45) is 0 Å². The fourth-order valence-corrected chi connectivity index (χ4v) is 3.52. The third kappa shape index (κ3) is 2.99. The fraction of sp³-hybridized carbons (Fsp3) is 0.267. The topological polar surface area (TPSA) is 74.7 Å². The SMILES string of the molecule is COc1cc(CS(=O)(=O)c2ccc3c(c2)OCCO3)ccn1. The normalized spacial score (nSPS) is 13.7. The van der Waals surface area contributed by atoms with E-state index < -0.39 is 9.84 Å². The highest BCUT2D eigenvalue weighted by molar-refractivity contribution is 7.90. The summed E-state index contributed by atoms with van der Waals surface area (Å²) < 4.78 is 40.9. The summed E-state index contributed by atoms with van der Waals surface area (Å²) in [6.45, 7) is 0.883. The first-order chi connectivity index (χ1) is 10.6. The van der Waals surface area contributed by atoms with E-state index in [0.717, 1.165) is 0 Å². The maximum Gasteiger partial charge on any atom is 0.213 e. The molecule has 0 aliphatic carbocycles. The fourth-order valence-electron chi connectivity index (χ4n) is 2.17. The van der Waals surface area contributed by atoms with Crippen molar-refractivity contribution in [1.29, 1.82) is 0 Å². The van der Waals surface area contributed by atoms with Gasteiger partial charge in [-0.3, -0.25) is 0 Å². The van der Waals surface area contributed by atoms with E-state index in [9.17, 15) is 8.42 Å². The summed E-state index contributed by atoms with van der Waals surface area (Å²) in [6.07, 6.45) is 1.52. The average molecular weight is 321 g/mol. The van der Waals surface area contributed by atoms with Gasteiger partial charge in [-0.15, -0.1) is 0 Å². The molecule has 3 rings (SSSR count). The van der Waals surface area contributed by atoms with Crippen molar-refractivity contribution in [3.05, 3.63) is 42.1 Å². The van der Waals surface area contributed by atoms with Crippen LogP contribution in [0.15, 0.2) is 41.4 Å². The highest BCUT2D eigenvalue weighted by Gasteiger charge is 2.20. The molecule has 0 radical (unpaired) electrons. The minimum absolute atomic E-state index is 0.133. The van der Waals surface area contributed by atoms with E-state index in [1.54, 1.807) is 18.2 Å². The lowest BCUT2D eigenvalue weighted by Gasteiger charge is -2.18. The average Bonchev–Trinajstić information content (AvgIpc) is 2.54. The lowest BCUT2D eigenvalue weighted by Crippen LogP contribution is -2.16. The van der Waals surface area contributed by atoms with Crippen LogP contribution in [-0.2, 0) is 15.6 Å². The molecule has 2 heterocycles. The molecule has 0 spiro atoms. The zero-order valence-corrected chi connectivity index (χ0v) is 12.8. The summed E-state index contributed by atoms with van der Waals surface area (Å²) in [5.41, 5.74) is 0.613. The summed E-state index contributed by atoms with van der Waals surface area (Å²) in [7, 11) is -2.00. The van der Waals surface area contributed by atoms with Gasteiger partial charge in [0.1, 0.15) is 13.2 Å². The molecule has 1 aliphatic heterocycles. The van der Waals surface area contributed by atoms with Crippen molar-refractivity contribution in [1.82, 2.24) is 4.98 Å². The van der Waals surface area contributed by atoms with Crippen LogP contribution in [0.25, 0.3) is 0 Å². The van der Waals surface area contributed by atoms with E-state index in [1.807, 2.05) is 0 Å². The molecule has 0 fully saturated rings. The van der Waals surface area contributed by atoms with Gasteiger partial charge < -0.3 is 14.2 Å². The smallest absolute Gasteiger partial charge is 0.213 e. The molecule has 1 aliphatic rings. The molecule has 6 nitrogen and oxygen atoms in total. The zero-order chi connectivity index (χ0) is 15.6. The number of aromatic nitrogens is 1. The van der Waals surface area contributed by atoms with Gasteiger partial charge in [0.25, 0.3) is 0 Å². The quantitative estimate of drug-likeness (QED) is 0.855. The van der Waals surface area contributed by atoms with Crippen molar-refractivity contribution in [3.63, 3.8) is 0 Å². The largest absolute Gasteiger partial charge is 0.486 e. The highest BCUT2D eigenvalue weighted by Crippen LogP contribution is 2.33. The number of pyridine rings is 1. The molecule has 0 amide bonds. The van der Waals surface area contributed by atoms with E-state index in [4.69, 9.17) is 14.2 Å². The van der Waals surface area contributed by atoms with Gasteiger partial charge >= 0.3 is 0 Å². The second kappa shape index (κ2) is 5.84. The Balaban J connectivity index is 1.89. The van der Waals surface area contributed by atoms with Crippen molar-refractivity contribution in [2.75, 3.05) is 20.3 Å². The number of nitrogens with zero attached hydrogens (tertiary/aromatic N) is 1. The van der Waals surface area contributed by atoms with Crippen molar-refractivity contribution in [3.8, 4) is 17.4 Å². The molecule has 2 aromatic rings. The maximum atomic E-state index is 12.5. The van der Waals surface area contributed by atoms with Gasteiger partial charge in [0.2, 0.25) is 5.88 Å². The van der Waals surface area contributed by atoms with Crippen LogP contribution in [0, 0.1) is 0 Å². The van der Waals surface area contributed by atoms with Crippen LogP contribution >= 0.6 is 0 Å². The first kappa shape index (κ1) is 14.6. The van der Waals surface area contributed by atoms with E-state index in [-0.39, 0.29) is 10.6 Å². The molecule has 22 heavy (non-hydrogen) atoms. The van der Waals surface area contributed by atoms with Crippen LogP contribution in [0.3, 0.4) is 0 Å². The zero-order valence-electron chi connectivity index (χ0n) is 12.0. The molecular formula is C15H15NO5S. The second-order valence-corrected chi connectivity index (χ2v) is 6.76. The van der Waals surface area contributed by atoms with Gasteiger partial charge in [0, 0.05) is 18.3 Å². The second-order valence-electron chi connectivity index (χ2n) is 4.77. The van der Waals surface area contributed by atoms with Crippen LogP contribution in [-0.4, -0.2) is 33.7 Å². The van der Waals surface area contributed by atoms with Gasteiger partial charge in [-0.05, 0) is 23.8 Å². The molecule has 116 valence electrons. The summed E-state index contributed by atoms with van der Waals surface area (Å²) >= 11 is 0. The lowest BCUT2D eigenvalue weighted by atomic mass is 10.3. The van der Waals surface area contributed by atoms with Gasteiger partial charge in [-0.2, -0.15) is 0 Å². The molecule has 1 aromatic carbocycles. The Kier molecular flexibility index (Phi) is 3.89. The summed E-state index contributed by atoms with van der Waals surface area (Å²) in [5, 5.41) is 0. The Labute approximate surface area is 128 Å². The molecule has 0 atom stereocenters. The van der Waals surface area contributed by atoms with Crippen molar-refractivity contribution in [2.45, 2.75) is 10.6 Å². The minimum Gasteiger partial charge on any atom is -0.486 e. The van der Waals surface area contributed by atoms with E-state index in [2.05, 4.69) is 4.98 Å². The first-order valence-corrected chi connectivity index (χ1v) is 8.35. The molecule has 0 saturated carbocycles. The van der Waals surface area contributed by atoms with Gasteiger partial charge in [-0.25, -0.2) is 13.4 Å². The molecule has 0 N–H and O–H groups in total. The Morgan fingerprint density at radius 1 is 1.14 bits per heavy atom. The molecule has 0 unspecified atom stereocenters. The summed E-state index contributed by atoms with van der Waals surface area (Å²) in [4.78, 5) is 4.17. The Morgan fingerprint density at radius 3 is 2.68 bits per heavy atom. The van der Waals surface area contributed by atoms with Crippen LogP contribution in [0.2, 0.25) is 0 Å². The van der Waals surface area contributed by atoms with Crippen LogP contribution < -0.4 is 14.2 Å². The van der Waals surface area contributed by atoms with Gasteiger partial charge in [-0.1, -0.05) is 0 Å². The predicted octanol–water partition coefficient (Wildman–Crippen LogP) is 1.84. The van der Waals surface area contributed by atoms with Gasteiger partial charge in [0.05, 0.1) is 17.8 Å². The first-order valence-electron chi connectivity index (χ1n) is 6.70. The molecular weight excluding hydrogens is 306 g/mol. The third-order valence-corrected chi connectivity index (χ3v) is 4.92. The Hall–Kier alpha value is -2.28. The number of ether oxygens (including phenoxy) is 3. The molecule has 1 aromatic heterocycles. The number of methoxy groups -OCH3 is 1. The summed E-state index contributed by atoms with van der Waals surface area (Å²) in [6, 6.07) is 7.91. The standard InChI is InChI=1S/C15H15NO5S/c1-19-15-8-11(4-5-16-15)10-22(17,18)12-2-3-13-14(9-12)21-7-6-20-13/h2-5,8-9H,6-7,10H2,1H3. The lowest BCUT2D eigenvalue weighted by molar-refractivity contribution is 0.171. The minimum atomic E-state index is -3.49. The highest BCUT2D eigenvalue weighted by atomic mass is 32.2. The maximum absolute atomic E-state index is 12.5. The van der Waals surface area contributed by atoms with Gasteiger partial charge in [0.15, 0.2) is 21.3 Å². The van der Waals surface area contributed by atoms with E-state index in [0.29, 0.717) is 36.2 Å². The molecule has 0 saturated heterocycles. The van der Waals surface area contributed by atoms with Crippen molar-refractivity contribution >= 4 is 9.84 Å². The predicted molar refractivity (Wildman–Crippen MR) is 79.1 cm³/mol. The number of sulfone groups is 1. The molecule has 0 bridgehead atoms. The number of benzene rings is 1. The number of rotatable bonds is 4. The van der Waals surface area contributed by atoms with Crippen LogP contribution in [0.1, 0.15) is 5.56 Å². The molecule has 7 heteroatoms. The Morgan fingerprint density at radius 2 is 1.91 bits per heavy atom. The number of fused-ring (bicyclic) bond motifs is 1. The monoisotopic (exact) mass is 321 g/mol.